The van der Waals surface area contributed by atoms with Crippen LogP contribution >= 0.6 is 24.8 Å². The Labute approximate surface area is 143 Å². The van der Waals surface area contributed by atoms with Crippen LogP contribution in [0.5, 0.6) is 0 Å². The van der Waals surface area contributed by atoms with Gasteiger partial charge in [0.2, 0.25) is 0 Å². The average Bonchev–Trinajstić information content (AvgIpc) is 2.80. The second kappa shape index (κ2) is 7.00. The Morgan fingerprint density at radius 1 is 1.65 bits per heavy atom. The number of thiol groups is 1. The first kappa shape index (κ1) is 17.9. The van der Waals surface area contributed by atoms with Crippen LogP contribution in [0.25, 0.3) is 0 Å². The molecule has 0 spiro atoms. The first-order valence-electron chi connectivity index (χ1n) is 6.83. The monoisotopic (exact) mass is 359 g/mol. The number of nitrogens with zero attached hydrogens (tertiary/aromatic N) is 1. The van der Waals surface area contributed by atoms with E-state index in [9.17, 15) is 19.8 Å². The zero-order valence-corrected chi connectivity index (χ0v) is 14.0. The lowest BCUT2D eigenvalue weighted by molar-refractivity contribution is -0.156. The largest absolute Gasteiger partial charge is 0.469 e. The molecular weight excluding hydrogens is 342 g/mol. The zero-order valence-electron chi connectivity index (χ0n) is 12.3. The van der Waals surface area contributed by atoms with Crippen LogP contribution in [0.1, 0.15) is 12.2 Å². The maximum Gasteiger partial charge on any atom is 0.334 e. The van der Waals surface area contributed by atoms with Crippen molar-refractivity contribution < 1.29 is 24.2 Å². The molecule has 7 nitrogen and oxygen atoms in total. The minimum atomic E-state index is -1.51. The Morgan fingerprint density at radius 3 is 2.87 bits per heavy atom. The summed E-state index contributed by atoms with van der Waals surface area (Å²) < 4.78 is 9.97. The Hall–Kier alpha value is -1.42. The van der Waals surface area contributed by atoms with Crippen molar-refractivity contribution in [1.29, 1.82) is 0 Å². The van der Waals surface area contributed by atoms with E-state index in [2.05, 4.69) is 12.6 Å². The van der Waals surface area contributed by atoms with Crippen LogP contribution in [0.3, 0.4) is 0 Å². The minimum Gasteiger partial charge on any atom is -0.469 e. The number of carbonyl (C=O) groups is 1. The fourth-order valence-corrected chi connectivity index (χ4v) is 3.54. The van der Waals surface area contributed by atoms with Gasteiger partial charge in [0.1, 0.15) is 16.3 Å². The number of hydrogen-bond acceptors (Lipinski definition) is 7. The highest BCUT2D eigenvalue weighted by Gasteiger charge is 2.57. The van der Waals surface area contributed by atoms with Crippen LogP contribution in [0.2, 0.25) is 0 Å². The van der Waals surface area contributed by atoms with Gasteiger partial charge in [-0.1, -0.05) is 12.2 Å². The fraction of sp³-hybridized carbons (Fsp3) is 0.500. The van der Waals surface area contributed by atoms with Crippen molar-refractivity contribution in [1.82, 2.24) is 4.90 Å². The van der Waals surface area contributed by atoms with Crippen molar-refractivity contribution in [2.24, 2.45) is 5.92 Å². The van der Waals surface area contributed by atoms with Crippen molar-refractivity contribution in [2.75, 3.05) is 13.7 Å². The summed E-state index contributed by atoms with van der Waals surface area (Å²) >= 11 is 9.03. The van der Waals surface area contributed by atoms with Crippen molar-refractivity contribution in [2.45, 2.75) is 24.6 Å². The quantitative estimate of drug-likeness (QED) is 0.391. The Balaban J connectivity index is 2.35. The van der Waals surface area contributed by atoms with E-state index in [0.717, 1.165) is 0 Å². The molecule has 0 amide bonds. The number of carbonyl (C=O) groups excluding carboxylic acids is 1. The molecule has 0 aliphatic carbocycles. The molecule has 1 aliphatic heterocycles. The lowest BCUT2D eigenvalue weighted by Crippen LogP contribution is -2.57. The van der Waals surface area contributed by atoms with Gasteiger partial charge in [-0.05, 0) is 6.42 Å². The van der Waals surface area contributed by atoms with Crippen molar-refractivity contribution in [3.05, 3.63) is 34.4 Å². The number of rotatable bonds is 4. The third kappa shape index (κ3) is 3.27. The molecule has 1 aromatic heterocycles. The molecule has 1 aliphatic rings. The van der Waals surface area contributed by atoms with E-state index in [1.807, 2.05) is 0 Å². The number of hydrogen-bond donors (Lipinski definition) is 3. The highest BCUT2D eigenvalue weighted by Crippen LogP contribution is 2.40. The van der Waals surface area contributed by atoms with E-state index in [-0.39, 0.29) is 22.6 Å². The summed E-state index contributed by atoms with van der Waals surface area (Å²) in [5, 5.41) is 20.3. The van der Waals surface area contributed by atoms with Gasteiger partial charge in [-0.25, -0.2) is 4.79 Å². The van der Waals surface area contributed by atoms with Crippen LogP contribution < -0.4 is 5.43 Å². The van der Waals surface area contributed by atoms with Crippen molar-refractivity contribution in [3.8, 4) is 0 Å². The third-order valence-electron chi connectivity index (χ3n) is 4.00. The Morgan fingerprint density at radius 2 is 2.35 bits per heavy atom. The number of ether oxygens (including phenoxy) is 1. The van der Waals surface area contributed by atoms with Gasteiger partial charge >= 0.3 is 5.97 Å². The maximum atomic E-state index is 12.2. The smallest absolute Gasteiger partial charge is 0.334 e. The zero-order chi connectivity index (χ0) is 17.2. The Kier molecular flexibility index (Phi) is 5.45. The molecule has 0 bridgehead atoms. The van der Waals surface area contributed by atoms with Gasteiger partial charge in [0.25, 0.3) is 0 Å². The second-order valence-corrected chi connectivity index (χ2v) is 6.46. The maximum absolute atomic E-state index is 12.2. The van der Waals surface area contributed by atoms with Gasteiger partial charge in [0.15, 0.2) is 11.0 Å². The number of likely N-dealkylation sites (tertiary alicyclic amines) is 1. The number of aliphatic hydroxyl groups is 2. The summed E-state index contributed by atoms with van der Waals surface area (Å²) in [6, 6.07) is 2.59. The predicted molar refractivity (Wildman–Crippen MR) is 88.1 cm³/mol. The molecule has 1 aromatic rings. The van der Waals surface area contributed by atoms with E-state index in [4.69, 9.17) is 21.4 Å². The van der Waals surface area contributed by atoms with Gasteiger partial charge in [-0.15, -0.1) is 12.6 Å². The number of methoxy groups -OCH3 is 1. The van der Waals surface area contributed by atoms with Gasteiger partial charge < -0.3 is 24.3 Å². The normalized spacial score (nSPS) is 27.0. The van der Waals surface area contributed by atoms with Crippen LogP contribution in [-0.2, 0) is 16.0 Å². The summed E-state index contributed by atoms with van der Waals surface area (Å²) in [4.78, 5) is 24.7. The van der Waals surface area contributed by atoms with E-state index in [1.54, 1.807) is 0 Å². The molecule has 126 valence electrons. The molecule has 2 rings (SSSR count). The van der Waals surface area contributed by atoms with Gasteiger partial charge in [0, 0.05) is 24.5 Å². The van der Waals surface area contributed by atoms with E-state index >= 15 is 0 Å². The van der Waals surface area contributed by atoms with E-state index in [0.29, 0.717) is 5.76 Å². The number of esters is 1. The number of thiocarbonyl (C=S) groups is 1. The van der Waals surface area contributed by atoms with Crippen LogP contribution in [0.4, 0.5) is 0 Å². The van der Waals surface area contributed by atoms with Gasteiger partial charge in [0.05, 0.1) is 20.0 Å². The van der Waals surface area contributed by atoms with E-state index in [1.165, 1.54) is 30.4 Å². The van der Waals surface area contributed by atoms with Crippen molar-refractivity contribution in [3.63, 3.8) is 0 Å². The summed E-state index contributed by atoms with van der Waals surface area (Å²) in [5.74, 6) is -0.852. The highest BCUT2D eigenvalue weighted by molar-refractivity contribution is 8.10. The molecular formula is C14H17NO6S2. The third-order valence-corrected chi connectivity index (χ3v) is 4.41. The molecule has 1 saturated heterocycles. The predicted octanol–water partition coefficient (Wildman–Crippen LogP) is -0.0586. The summed E-state index contributed by atoms with van der Waals surface area (Å²) in [6.07, 6.45) is 0.371. The molecule has 0 saturated carbocycles. The van der Waals surface area contributed by atoms with Gasteiger partial charge in [-0.3, -0.25) is 4.79 Å². The standard InChI is InChI=1S/C14H17NO6S2/c1-20-12(19)14(7-16)6-8(11(18)15(14)13(22)23)4-10-5-9(17)2-3-21-10/h2-3,5,8,11,16,18H,4,6-7H2,1H3,(H,22,23). The van der Waals surface area contributed by atoms with Crippen LogP contribution in [-0.4, -0.2) is 50.9 Å². The molecule has 1 fully saturated rings. The molecule has 0 radical (unpaired) electrons. The first-order valence-corrected chi connectivity index (χ1v) is 7.68. The Bertz CT molecular complexity index is 663. The summed E-state index contributed by atoms with van der Waals surface area (Å²) in [5.41, 5.74) is -1.73. The SMILES string of the molecule is COC(=O)C1(CO)CC(Cc2cc(=O)cco2)C(O)N1C(=S)S. The molecule has 0 aromatic carbocycles. The lowest BCUT2D eigenvalue weighted by atomic mass is 9.90. The van der Waals surface area contributed by atoms with Crippen molar-refractivity contribution >= 4 is 35.1 Å². The number of aliphatic hydroxyl groups excluding tert-OH is 2. The minimum absolute atomic E-state index is 0.0334. The van der Waals surface area contributed by atoms with Crippen LogP contribution in [0, 0.1) is 5.92 Å². The molecule has 9 heteroatoms. The average molecular weight is 359 g/mol. The van der Waals surface area contributed by atoms with Crippen LogP contribution in [0.15, 0.2) is 27.6 Å². The molecule has 2 N–H and O–H groups in total. The topological polar surface area (TPSA) is 100 Å². The lowest BCUT2D eigenvalue weighted by Gasteiger charge is -2.36. The highest BCUT2D eigenvalue weighted by atomic mass is 32.1. The molecule has 2 heterocycles. The first-order chi connectivity index (χ1) is 10.9. The van der Waals surface area contributed by atoms with E-state index < -0.39 is 30.3 Å². The molecule has 3 unspecified atom stereocenters. The second-order valence-electron chi connectivity index (χ2n) is 5.35. The molecule has 23 heavy (non-hydrogen) atoms. The molecule has 3 atom stereocenters. The summed E-state index contributed by atoms with van der Waals surface area (Å²) in [6.45, 7) is -0.591. The summed E-state index contributed by atoms with van der Waals surface area (Å²) in [7, 11) is 1.19. The fourth-order valence-electron chi connectivity index (χ4n) is 2.95. The van der Waals surface area contributed by atoms with Gasteiger partial charge in [-0.2, -0.15) is 0 Å².